The molecule has 7 heteroatoms. The Hall–Kier alpha value is -2.02. The summed E-state index contributed by atoms with van der Waals surface area (Å²) in [6.45, 7) is -0.178. The molecule has 0 bridgehead atoms. The number of aromatic amines is 1. The van der Waals surface area contributed by atoms with Crippen molar-refractivity contribution in [1.82, 2.24) is 9.97 Å². The lowest BCUT2D eigenvalue weighted by molar-refractivity contribution is -0.274. The molecule has 0 aliphatic carbocycles. The number of halogens is 3. The molecule has 1 heterocycles. The van der Waals surface area contributed by atoms with Crippen molar-refractivity contribution in [3.05, 3.63) is 36.2 Å². The topological polar surface area (TPSA) is 58.1 Å². The zero-order chi connectivity index (χ0) is 13.2. The largest absolute Gasteiger partial charge is 0.573 e. The molecule has 0 atom stereocenters. The average molecular weight is 258 g/mol. The van der Waals surface area contributed by atoms with Crippen molar-refractivity contribution in [3.63, 3.8) is 0 Å². The van der Waals surface area contributed by atoms with Crippen LogP contribution >= 0.6 is 0 Å². The van der Waals surface area contributed by atoms with Crippen LogP contribution in [-0.4, -0.2) is 21.4 Å². The number of rotatable bonds is 3. The fraction of sp³-hybridized carbons (Fsp3) is 0.182. The van der Waals surface area contributed by atoms with Crippen LogP contribution in [0.4, 0.5) is 13.2 Å². The first-order valence-corrected chi connectivity index (χ1v) is 4.99. The number of aliphatic hydroxyl groups excluding tert-OH is 1. The molecule has 1 aromatic carbocycles. The highest BCUT2D eigenvalue weighted by Crippen LogP contribution is 2.25. The van der Waals surface area contributed by atoms with Gasteiger partial charge in [0.2, 0.25) is 0 Å². The molecule has 0 saturated heterocycles. The zero-order valence-corrected chi connectivity index (χ0v) is 9.03. The minimum atomic E-state index is -4.70. The molecular weight excluding hydrogens is 249 g/mol. The fourth-order valence-electron chi connectivity index (χ4n) is 1.40. The Labute approximate surface area is 100 Å². The van der Waals surface area contributed by atoms with E-state index in [4.69, 9.17) is 5.11 Å². The summed E-state index contributed by atoms with van der Waals surface area (Å²) in [5.41, 5.74) is 1.13. The Balaban J connectivity index is 2.17. The van der Waals surface area contributed by atoms with Crippen molar-refractivity contribution in [2.24, 2.45) is 0 Å². The highest BCUT2D eigenvalue weighted by atomic mass is 19.4. The molecule has 0 spiro atoms. The number of imidazole rings is 1. The number of hydrogen-bond donors (Lipinski definition) is 2. The summed E-state index contributed by atoms with van der Waals surface area (Å²) >= 11 is 0. The zero-order valence-electron chi connectivity index (χ0n) is 9.03. The molecule has 2 rings (SSSR count). The molecule has 0 aliphatic rings. The summed E-state index contributed by atoms with van der Waals surface area (Å²) in [6.07, 6.45) is -3.24. The van der Waals surface area contributed by atoms with E-state index in [1.165, 1.54) is 30.5 Å². The smallest absolute Gasteiger partial charge is 0.406 e. The van der Waals surface area contributed by atoms with E-state index in [1.807, 2.05) is 0 Å². The Kier molecular flexibility index (Phi) is 3.24. The highest BCUT2D eigenvalue weighted by Gasteiger charge is 2.30. The maximum atomic E-state index is 11.9. The van der Waals surface area contributed by atoms with Crippen molar-refractivity contribution in [2.75, 3.05) is 0 Å². The van der Waals surface area contributed by atoms with Crippen LogP contribution in [-0.2, 0) is 6.61 Å². The second-order valence-electron chi connectivity index (χ2n) is 3.49. The number of nitrogens with one attached hydrogen (secondary N) is 1. The maximum Gasteiger partial charge on any atom is 0.573 e. The van der Waals surface area contributed by atoms with E-state index in [-0.39, 0.29) is 12.4 Å². The van der Waals surface area contributed by atoms with Crippen LogP contribution < -0.4 is 4.74 Å². The summed E-state index contributed by atoms with van der Waals surface area (Å²) < 4.78 is 39.6. The summed E-state index contributed by atoms with van der Waals surface area (Å²) in [5, 5.41) is 8.85. The molecule has 0 radical (unpaired) electrons. The molecule has 18 heavy (non-hydrogen) atoms. The quantitative estimate of drug-likeness (QED) is 0.889. The maximum absolute atomic E-state index is 11.9. The molecule has 2 aromatic rings. The Morgan fingerprint density at radius 2 is 1.89 bits per heavy atom. The monoisotopic (exact) mass is 258 g/mol. The van der Waals surface area contributed by atoms with Gasteiger partial charge in [-0.15, -0.1) is 13.2 Å². The molecule has 0 aliphatic heterocycles. The van der Waals surface area contributed by atoms with Gasteiger partial charge in [-0.25, -0.2) is 4.98 Å². The number of aromatic nitrogens is 2. The lowest BCUT2D eigenvalue weighted by atomic mass is 10.2. The molecule has 1 aromatic heterocycles. The summed E-state index contributed by atoms with van der Waals surface area (Å²) in [6, 6.07) is 5.29. The number of ether oxygens (including phenoxy) is 1. The number of aliphatic hydroxyl groups is 1. The van der Waals surface area contributed by atoms with Gasteiger partial charge in [-0.1, -0.05) is 0 Å². The minimum absolute atomic E-state index is 0.178. The van der Waals surface area contributed by atoms with E-state index in [1.54, 1.807) is 0 Å². The molecular formula is C11H9F3N2O2. The number of H-pyrrole nitrogens is 1. The van der Waals surface area contributed by atoms with Gasteiger partial charge in [-0.05, 0) is 24.3 Å². The van der Waals surface area contributed by atoms with Gasteiger partial charge in [0.25, 0.3) is 0 Å². The fourth-order valence-corrected chi connectivity index (χ4v) is 1.40. The molecule has 2 N–H and O–H groups in total. The van der Waals surface area contributed by atoms with Crippen molar-refractivity contribution in [2.45, 2.75) is 13.0 Å². The summed E-state index contributed by atoms with van der Waals surface area (Å²) in [4.78, 5) is 6.81. The van der Waals surface area contributed by atoms with E-state index in [0.717, 1.165) is 0 Å². The number of nitrogens with zero attached hydrogens (tertiary/aromatic N) is 1. The number of benzene rings is 1. The van der Waals surface area contributed by atoms with Crippen LogP contribution in [0, 0.1) is 0 Å². The normalized spacial score (nSPS) is 11.6. The Morgan fingerprint density at radius 1 is 1.22 bits per heavy atom. The van der Waals surface area contributed by atoms with Gasteiger partial charge >= 0.3 is 6.36 Å². The van der Waals surface area contributed by atoms with Gasteiger partial charge in [-0.2, -0.15) is 0 Å². The minimum Gasteiger partial charge on any atom is -0.406 e. The molecule has 0 fully saturated rings. The van der Waals surface area contributed by atoms with Crippen molar-refractivity contribution in [3.8, 4) is 17.1 Å². The second-order valence-corrected chi connectivity index (χ2v) is 3.49. The van der Waals surface area contributed by atoms with E-state index in [2.05, 4.69) is 14.7 Å². The summed E-state index contributed by atoms with van der Waals surface area (Å²) in [5.74, 6) is 0.179. The van der Waals surface area contributed by atoms with E-state index in [0.29, 0.717) is 17.1 Å². The third kappa shape index (κ3) is 3.01. The van der Waals surface area contributed by atoms with Gasteiger partial charge in [0.1, 0.15) is 11.6 Å². The van der Waals surface area contributed by atoms with Crippen LogP contribution in [0.15, 0.2) is 30.5 Å². The first-order chi connectivity index (χ1) is 8.48. The van der Waals surface area contributed by atoms with Crippen LogP contribution in [0.25, 0.3) is 11.4 Å². The predicted molar refractivity (Wildman–Crippen MR) is 56.6 cm³/mol. The first-order valence-electron chi connectivity index (χ1n) is 4.99. The average Bonchev–Trinajstić information content (AvgIpc) is 2.76. The Bertz CT molecular complexity index is 520. The molecule has 4 nitrogen and oxygen atoms in total. The van der Waals surface area contributed by atoms with Crippen molar-refractivity contribution < 1.29 is 23.0 Å². The first kappa shape index (κ1) is 12.4. The van der Waals surface area contributed by atoms with Gasteiger partial charge in [0.05, 0.1) is 18.5 Å². The van der Waals surface area contributed by atoms with E-state index < -0.39 is 6.36 Å². The van der Waals surface area contributed by atoms with Gasteiger partial charge < -0.3 is 14.8 Å². The third-order valence-electron chi connectivity index (χ3n) is 2.16. The third-order valence-corrected chi connectivity index (χ3v) is 2.16. The predicted octanol–water partition coefficient (Wildman–Crippen LogP) is 2.47. The number of alkyl halides is 3. The SMILES string of the molecule is OCc1cnc(-c2ccc(OC(F)(F)F)cc2)[nH]1. The van der Waals surface area contributed by atoms with Crippen LogP contribution in [0.5, 0.6) is 5.75 Å². The molecule has 0 amide bonds. The van der Waals surface area contributed by atoms with Gasteiger partial charge in [-0.3, -0.25) is 0 Å². The van der Waals surface area contributed by atoms with Crippen molar-refractivity contribution in [1.29, 1.82) is 0 Å². The Morgan fingerprint density at radius 3 is 2.39 bits per heavy atom. The lowest BCUT2D eigenvalue weighted by Crippen LogP contribution is -2.16. The summed E-state index contributed by atoms with van der Waals surface area (Å²) in [7, 11) is 0. The van der Waals surface area contributed by atoms with Gasteiger partial charge in [0.15, 0.2) is 0 Å². The van der Waals surface area contributed by atoms with Crippen LogP contribution in [0.2, 0.25) is 0 Å². The standard InChI is InChI=1S/C11H9F3N2O2/c12-11(13,14)18-9-3-1-7(2-4-9)10-15-5-8(6-17)16-10/h1-5,17H,6H2,(H,15,16). The molecule has 0 saturated carbocycles. The lowest BCUT2D eigenvalue weighted by Gasteiger charge is -2.08. The van der Waals surface area contributed by atoms with Crippen LogP contribution in [0.3, 0.4) is 0 Å². The second kappa shape index (κ2) is 4.69. The van der Waals surface area contributed by atoms with Crippen LogP contribution in [0.1, 0.15) is 5.69 Å². The van der Waals surface area contributed by atoms with Gasteiger partial charge in [0, 0.05) is 5.56 Å². The molecule has 96 valence electrons. The number of hydrogen-bond acceptors (Lipinski definition) is 3. The van der Waals surface area contributed by atoms with E-state index >= 15 is 0 Å². The van der Waals surface area contributed by atoms with Crippen molar-refractivity contribution >= 4 is 0 Å². The van der Waals surface area contributed by atoms with E-state index in [9.17, 15) is 13.2 Å². The highest BCUT2D eigenvalue weighted by molar-refractivity contribution is 5.56. The molecule has 0 unspecified atom stereocenters.